The van der Waals surface area contributed by atoms with E-state index in [0.29, 0.717) is 0 Å². The number of carboxylic acids is 1. The van der Waals surface area contributed by atoms with Crippen LogP contribution in [-0.2, 0) is 12.5 Å². The molecule has 0 unspecified atom stereocenters. The van der Waals surface area contributed by atoms with Crippen LogP contribution >= 0.6 is 0 Å². The molecular weight excluding hydrogens is 211 g/mol. The standard InChI is InChI=1S/C3H6O2.H2O4Se/c1-2-3(4)5;1-5(2,3)4/h2H2,1H3,(H,4,5);(H2,1,2,3,4)/p-3. The first-order chi connectivity index (χ1) is 4.27. The molecule has 10 heavy (non-hydrogen) atoms. The molecular formula is C3H5O6Se-3. The number of hydrogen-bond donors (Lipinski definition) is 0. The number of carboxylic acid groups (broad SMARTS) is 1. The van der Waals surface area contributed by atoms with Gasteiger partial charge in [-0.1, -0.05) is 6.92 Å². The van der Waals surface area contributed by atoms with Gasteiger partial charge in [0.2, 0.25) is 0 Å². The molecule has 0 bridgehead atoms. The first kappa shape index (κ1) is 12.2. The van der Waals surface area contributed by atoms with E-state index >= 15 is 0 Å². The van der Waals surface area contributed by atoms with Gasteiger partial charge in [-0.3, -0.25) is 0 Å². The van der Waals surface area contributed by atoms with Crippen LogP contribution in [-0.4, -0.2) is 19.3 Å². The van der Waals surface area contributed by atoms with Crippen LogP contribution in [0.1, 0.15) is 13.3 Å². The number of carbonyl (C=O) groups excluding carboxylic acids is 1. The topological polar surface area (TPSA) is 120 Å². The van der Waals surface area contributed by atoms with Crippen molar-refractivity contribution in [1.82, 2.24) is 0 Å². The average molecular weight is 216 g/mol. The molecule has 0 saturated carbocycles. The van der Waals surface area contributed by atoms with Crippen LogP contribution in [0.25, 0.3) is 0 Å². The molecule has 0 aromatic rings. The molecule has 0 rings (SSSR count). The Morgan fingerprint density at radius 3 is 1.50 bits per heavy atom. The first-order valence-electron chi connectivity index (χ1n) is 2.14. The van der Waals surface area contributed by atoms with E-state index in [1.54, 1.807) is 0 Å². The second-order valence-corrected chi connectivity index (χ2v) is 2.85. The Labute approximate surface area is 59.4 Å². The molecule has 0 amide bonds. The minimum atomic E-state index is -5.75. The van der Waals surface area contributed by atoms with Crippen molar-refractivity contribution in [3.05, 3.63) is 0 Å². The molecule has 0 spiro atoms. The number of hydrogen-bond acceptors (Lipinski definition) is 6. The van der Waals surface area contributed by atoms with Crippen LogP contribution in [0.15, 0.2) is 0 Å². The molecule has 0 aliphatic heterocycles. The van der Waals surface area contributed by atoms with Gasteiger partial charge in [0, 0.05) is 5.97 Å². The predicted molar refractivity (Wildman–Crippen MR) is 22.4 cm³/mol. The van der Waals surface area contributed by atoms with Crippen molar-refractivity contribution in [2.24, 2.45) is 0 Å². The van der Waals surface area contributed by atoms with Crippen molar-refractivity contribution in [1.29, 1.82) is 0 Å². The van der Waals surface area contributed by atoms with Crippen molar-refractivity contribution in [3.8, 4) is 0 Å². The van der Waals surface area contributed by atoms with Gasteiger partial charge in [-0.15, -0.1) is 0 Å². The number of aliphatic carboxylic acids is 1. The van der Waals surface area contributed by atoms with Gasteiger partial charge in [0.25, 0.3) is 0 Å². The van der Waals surface area contributed by atoms with Gasteiger partial charge in [-0.25, -0.2) is 0 Å². The first-order valence-corrected chi connectivity index (χ1v) is 4.93. The number of carbonyl (C=O) groups is 1. The summed E-state index contributed by atoms with van der Waals surface area (Å²) in [6.07, 6.45) is 0.111. The van der Waals surface area contributed by atoms with Crippen molar-refractivity contribution in [3.63, 3.8) is 0 Å². The van der Waals surface area contributed by atoms with Gasteiger partial charge < -0.3 is 9.90 Å². The molecule has 7 heteroatoms. The second kappa shape index (κ2) is 5.31. The quantitative estimate of drug-likeness (QED) is 0.413. The Morgan fingerprint density at radius 2 is 1.50 bits per heavy atom. The minimum absolute atomic E-state index is 0.111. The van der Waals surface area contributed by atoms with Crippen LogP contribution in [0.4, 0.5) is 0 Å². The van der Waals surface area contributed by atoms with E-state index in [0.717, 1.165) is 0 Å². The zero-order valence-electron chi connectivity index (χ0n) is 5.06. The Hall–Kier alpha value is -0.491. The molecule has 0 aromatic heterocycles. The van der Waals surface area contributed by atoms with Crippen molar-refractivity contribution in [2.75, 3.05) is 0 Å². The third-order valence-corrected chi connectivity index (χ3v) is 0.289. The molecule has 0 aliphatic carbocycles. The van der Waals surface area contributed by atoms with Crippen LogP contribution < -0.4 is 13.5 Å². The Balaban J connectivity index is 0. The molecule has 0 aliphatic rings. The Bertz CT molecular complexity index is 171. The summed E-state index contributed by atoms with van der Waals surface area (Å²) in [6, 6.07) is 0. The van der Waals surface area contributed by atoms with Crippen molar-refractivity contribution in [2.45, 2.75) is 13.3 Å². The second-order valence-electron chi connectivity index (χ2n) is 1.13. The Kier molecular flexibility index (Phi) is 6.48. The van der Waals surface area contributed by atoms with Crippen LogP contribution in [0.5, 0.6) is 0 Å². The van der Waals surface area contributed by atoms with Gasteiger partial charge in [0.1, 0.15) is 0 Å². The monoisotopic (exact) mass is 217 g/mol. The molecule has 0 fully saturated rings. The van der Waals surface area contributed by atoms with Crippen LogP contribution in [0.3, 0.4) is 0 Å². The third-order valence-electron chi connectivity index (χ3n) is 0.289. The third kappa shape index (κ3) is 140. The van der Waals surface area contributed by atoms with Gasteiger partial charge in [0.05, 0.1) is 0 Å². The van der Waals surface area contributed by atoms with E-state index in [9.17, 15) is 9.90 Å². The SMILES string of the molecule is CCC(=O)[O-].O=[Se](=O)([O-])[O-]. The van der Waals surface area contributed by atoms with Gasteiger partial charge in [-0.05, 0) is 6.42 Å². The van der Waals surface area contributed by atoms with Gasteiger partial charge in [0.15, 0.2) is 0 Å². The van der Waals surface area contributed by atoms with E-state index in [4.69, 9.17) is 16.0 Å². The maximum absolute atomic E-state index is 9.26. The fraction of sp³-hybridized carbons (Fsp3) is 0.667. The molecule has 6 nitrogen and oxygen atoms in total. The van der Waals surface area contributed by atoms with E-state index < -0.39 is 19.3 Å². The fourth-order valence-corrected chi connectivity index (χ4v) is 0. The van der Waals surface area contributed by atoms with Crippen LogP contribution in [0.2, 0.25) is 0 Å². The summed E-state index contributed by atoms with van der Waals surface area (Å²) in [5.74, 6) is -0.995. The molecule has 0 saturated heterocycles. The van der Waals surface area contributed by atoms with E-state index in [-0.39, 0.29) is 6.42 Å². The number of rotatable bonds is 1. The molecule has 0 N–H and O–H groups in total. The van der Waals surface area contributed by atoms with E-state index in [1.807, 2.05) is 0 Å². The molecule has 0 radical (unpaired) electrons. The summed E-state index contributed by atoms with van der Waals surface area (Å²) in [5, 5.41) is 9.26. The molecule has 62 valence electrons. The molecule has 0 aromatic carbocycles. The van der Waals surface area contributed by atoms with Crippen molar-refractivity contribution < 1.29 is 25.9 Å². The summed E-state index contributed by atoms with van der Waals surface area (Å²) >= 11 is -5.75. The summed E-state index contributed by atoms with van der Waals surface area (Å²) in [6.45, 7) is 1.54. The average Bonchev–Trinajstić information content (AvgIpc) is 1.61. The van der Waals surface area contributed by atoms with E-state index in [2.05, 4.69) is 0 Å². The zero-order chi connectivity index (χ0) is 8.78. The van der Waals surface area contributed by atoms with Crippen molar-refractivity contribution >= 4 is 19.3 Å². The predicted octanol–water partition coefficient (Wildman–Crippen LogP) is -3.85. The normalized spacial score (nSPS) is 9.50. The van der Waals surface area contributed by atoms with E-state index in [1.165, 1.54) is 6.92 Å². The summed E-state index contributed by atoms with van der Waals surface area (Å²) < 4.78 is 34.4. The summed E-state index contributed by atoms with van der Waals surface area (Å²) in [5.41, 5.74) is 0. The molecule has 0 atom stereocenters. The maximum atomic E-state index is 9.26. The molecule has 0 heterocycles. The van der Waals surface area contributed by atoms with Gasteiger partial charge in [-0.2, -0.15) is 0 Å². The fourth-order valence-electron chi connectivity index (χ4n) is 0. The Morgan fingerprint density at radius 1 is 1.40 bits per heavy atom. The van der Waals surface area contributed by atoms with Gasteiger partial charge >= 0.3 is 29.4 Å². The summed E-state index contributed by atoms with van der Waals surface area (Å²) in [4.78, 5) is 9.26. The summed E-state index contributed by atoms with van der Waals surface area (Å²) in [7, 11) is 0. The van der Waals surface area contributed by atoms with Crippen LogP contribution in [0, 0.1) is 0 Å². The zero-order valence-corrected chi connectivity index (χ0v) is 6.78.